The van der Waals surface area contributed by atoms with Crippen molar-refractivity contribution < 1.29 is 38.6 Å². The van der Waals surface area contributed by atoms with E-state index in [1.807, 2.05) is 6.07 Å². The fourth-order valence-corrected chi connectivity index (χ4v) is 4.83. The van der Waals surface area contributed by atoms with E-state index < -0.39 is 29.2 Å². The molecule has 14 nitrogen and oxygen atoms in total. The molecule has 0 aliphatic carbocycles. The van der Waals surface area contributed by atoms with E-state index in [9.17, 15) is 24.8 Å². The zero-order valence-electron chi connectivity index (χ0n) is 26.7. The van der Waals surface area contributed by atoms with Gasteiger partial charge >= 0.3 is 12.0 Å². The number of carbonyl (C=O) groups excluding carboxylic acids is 2. The van der Waals surface area contributed by atoms with Crippen molar-refractivity contribution in [1.82, 2.24) is 16.1 Å². The number of rotatable bonds is 16. The fourth-order valence-electron chi connectivity index (χ4n) is 4.83. The molecule has 0 fully saturated rings. The molecule has 0 radical (unpaired) electrons. The van der Waals surface area contributed by atoms with Gasteiger partial charge in [-0.25, -0.2) is 9.59 Å². The number of ether oxygens (including phenoxy) is 4. The summed E-state index contributed by atoms with van der Waals surface area (Å²) in [6.07, 6.45) is 2.65. The first-order valence-corrected chi connectivity index (χ1v) is 15.0. The second kappa shape index (κ2) is 16.6. The summed E-state index contributed by atoms with van der Waals surface area (Å²) >= 11 is 0. The number of hydrazone groups is 1. The van der Waals surface area contributed by atoms with Gasteiger partial charge in [-0.2, -0.15) is 5.10 Å². The van der Waals surface area contributed by atoms with Gasteiger partial charge in [-0.15, -0.1) is 6.58 Å². The number of urea groups is 1. The minimum atomic E-state index is -1.17. The van der Waals surface area contributed by atoms with Gasteiger partial charge in [-0.1, -0.05) is 12.1 Å². The Morgan fingerprint density at radius 1 is 1.10 bits per heavy atom. The Kier molecular flexibility index (Phi) is 12.1. The lowest BCUT2D eigenvalue weighted by Crippen LogP contribution is -2.45. The van der Waals surface area contributed by atoms with Crippen molar-refractivity contribution in [3.8, 4) is 17.2 Å². The molecule has 0 bridgehead atoms. The Balaban J connectivity index is 1.37. The number of carbonyl (C=O) groups is 2. The quantitative estimate of drug-likeness (QED) is 0.0429. The molecule has 1 heterocycles. The van der Waals surface area contributed by atoms with Crippen LogP contribution in [0, 0.1) is 10.1 Å². The van der Waals surface area contributed by atoms with Crippen LogP contribution in [0.2, 0.25) is 0 Å². The van der Waals surface area contributed by atoms with Crippen LogP contribution in [0.15, 0.2) is 89.7 Å². The molecule has 0 aromatic heterocycles. The number of hydrogen-bond donors (Lipinski definition) is 4. The van der Waals surface area contributed by atoms with Crippen molar-refractivity contribution in [3.63, 3.8) is 0 Å². The summed E-state index contributed by atoms with van der Waals surface area (Å²) in [7, 11) is 1.27. The topological polar surface area (TPSA) is 183 Å². The van der Waals surface area contributed by atoms with E-state index >= 15 is 0 Å². The van der Waals surface area contributed by atoms with Crippen molar-refractivity contribution >= 4 is 23.9 Å². The van der Waals surface area contributed by atoms with Gasteiger partial charge in [0.2, 0.25) is 0 Å². The third kappa shape index (κ3) is 9.10. The minimum absolute atomic E-state index is 0.0130. The molecular formula is C34H37N5O9. The number of aliphatic hydroxyl groups excluding tert-OH is 1. The zero-order chi connectivity index (χ0) is 34.6. The zero-order valence-corrected chi connectivity index (χ0v) is 26.7. The van der Waals surface area contributed by atoms with Gasteiger partial charge in [0.25, 0.3) is 5.69 Å². The van der Waals surface area contributed by atoms with Crippen molar-refractivity contribution in [2.75, 3.05) is 20.3 Å². The lowest BCUT2D eigenvalue weighted by atomic mass is 9.95. The first kappa shape index (κ1) is 35.0. The molecule has 0 spiro atoms. The Hall–Kier alpha value is -5.89. The molecule has 1 aliphatic heterocycles. The van der Waals surface area contributed by atoms with E-state index in [0.717, 1.165) is 16.7 Å². The summed E-state index contributed by atoms with van der Waals surface area (Å²) in [5.41, 5.74) is 6.23. The predicted octanol–water partition coefficient (Wildman–Crippen LogP) is 4.42. The van der Waals surface area contributed by atoms with E-state index in [4.69, 9.17) is 18.9 Å². The van der Waals surface area contributed by atoms with Crippen molar-refractivity contribution in [1.29, 1.82) is 0 Å². The molecule has 4 N–H and O–H groups in total. The summed E-state index contributed by atoms with van der Waals surface area (Å²) in [5.74, 6) is 0.743. The number of allylic oxidation sites excluding steroid dienone is 2. The minimum Gasteiger partial charge on any atom is -0.490 e. The number of non-ortho nitro benzene ring substituents is 1. The molecule has 0 saturated heterocycles. The van der Waals surface area contributed by atoms with Gasteiger partial charge in [0.15, 0.2) is 17.7 Å². The molecule has 3 aromatic rings. The second-order valence-electron chi connectivity index (χ2n) is 10.5. The summed E-state index contributed by atoms with van der Waals surface area (Å²) < 4.78 is 22.4. The fraction of sp³-hybridized carbons (Fsp3) is 0.265. The number of esters is 1. The number of nitro groups is 1. The highest BCUT2D eigenvalue weighted by atomic mass is 16.6. The third-order valence-corrected chi connectivity index (χ3v) is 7.10. The number of nitrogens with zero attached hydrogens (tertiary/aromatic N) is 2. The molecule has 0 unspecified atom stereocenters. The van der Waals surface area contributed by atoms with E-state index in [2.05, 4.69) is 27.7 Å². The monoisotopic (exact) mass is 659 g/mol. The van der Waals surface area contributed by atoms with E-state index in [1.165, 1.54) is 25.5 Å². The maximum absolute atomic E-state index is 12.5. The number of aliphatic hydroxyl groups is 1. The van der Waals surface area contributed by atoms with Crippen LogP contribution in [0.5, 0.6) is 17.2 Å². The van der Waals surface area contributed by atoms with Crippen molar-refractivity contribution in [2.24, 2.45) is 5.10 Å². The maximum Gasteiger partial charge on any atom is 0.337 e. The van der Waals surface area contributed by atoms with E-state index in [1.54, 1.807) is 62.4 Å². The Morgan fingerprint density at radius 3 is 2.54 bits per heavy atom. The molecule has 2 amide bonds. The second-order valence-corrected chi connectivity index (χ2v) is 10.5. The lowest BCUT2D eigenvalue weighted by Gasteiger charge is -2.28. The highest BCUT2D eigenvalue weighted by Gasteiger charge is 2.32. The van der Waals surface area contributed by atoms with Crippen LogP contribution in [-0.4, -0.2) is 54.8 Å². The van der Waals surface area contributed by atoms with E-state index in [0.29, 0.717) is 41.5 Å². The average Bonchev–Trinajstić information content (AvgIpc) is 3.07. The number of benzene rings is 3. The molecule has 2 atom stereocenters. The lowest BCUT2D eigenvalue weighted by molar-refractivity contribution is -0.384. The average molecular weight is 660 g/mol. The van der Waals surface area contributed by atoms with Crippen LogP contribution in [-0.2, 0) is 22.6 Å². The summed E-state index contributed by atoms with van der Waals surface area (Å²) in [6, 6.07) is 15.4. The molecule has 48 heavy (non-hydrogen) atoms. The predicted molar refractivity (Wildman–Crippen MR) is 177 cm³/mol. The van der Waals surface area contributed by atoms with Gasteiger partial charge in [-0.05, 0) is 85.0 Å². The molecule has 4 rings (SSSR count). The molecule has 3 aromatic carbocycles. The number of nitrogens with one attached hydrogen (secondary N) is 3. The molecule has 252 valence electrons. The van der Waals surface area contributed by atoms with Gasteiger partial charge in [0, 0.05) is 17.8 Å². The Morgan fingerprint density at radius 2 is 1.85 bits per heavy atom. The summed E-state index contributed by atoms with van der Waals surface area (Å²) in [6.45, 7) is 7.60. The normalized spacial score (nSPS) is 14.8. The summed E-state index contributed by atoms with van der Waals surface area (Å²) in [5, 5.41) is 30.8. The smallest absolute Gasteiger partial charge is 0.337 e. The van der Waals surface area contributed by atoms with Crippen LogP contribution < -0.4 is 30.3 Å². The van der Waals surface area contributed by atoms with Crippen LogP contribution in [0.1, 0.15) is 42.1 Å². The highest BCUT2D eigenvalue weighted by Crippen LogP contribution is 2.35. The molecule has 0 saturated carbocycles. The highest BCUT2D eigenvalue weighted by molar-refractivity contribution is 5.95. The molecule has 14 heteroatoms. The SMILES string of the molecule is C=CCc1cc(/C=N\N[C@H](O)COc2ccc([C@H]3NC(=O)NC(C)=C3C(=O)OC)cc2OCC)ccc1OCc1ccc([N+](=O)[O-])cc1. The van der Waals surface area contributed by atoms with Crippen LogP contribution >= 0.6 is 0 Å². The van der Waals surface area contributed by atoms with Crippen molar-refractivity contribution in [2.45, 2.75) is 39.1 Å². The first-order valence-electron chi connectivity index (χ1n) is 15.0. The molecular weight excluding hydrogens is 622 g/mol. The number of amides is 2. The Labute approximate surface area is 277 Å². The standard InChI is InChI=1S/C34H37N5O9/c1-5-7-24-16-23(10-14-27(24)47-19-22-8-12-26(13-9-22)39(43)44)18-35-38-30(40)20-48-28-15-11-25(17-29(28)46-6-2)32-31(33(41)45-4)21(3)36-34(42)37-32/h5,8-18,30,32,38,40H,1,6-7,19-20H2,2-4H3,(H2,36,37,42)/b35-18-/t30-,32-/m1/s1. The number of methoxy groups -OCH3 is 1. The maximum atomic E-state index is 12.5. The third-order valence-electron chi connectivity index (χ3n) is 7.10. The van der Waals surface area contributed by atoms with Crippen LogP contribution in [0.25, 0.3) is 0 Å². The van der Waals surface area contributed by atoms with Gasteiger partial charge in [-0.3, -0.25) is 15.5 Å². The number of hydrogen-bond acceptors (Lipinski definition) is 11. The van der Waals surface area contributed by atoms with Crippen LogP contribution in [0.3, 0.4) is 0 Å². The first-order chi connectivity index (χ1) is 23.1. The summed E-state index contributed by atoms with van der Waals surface area (Å²) in [4.78, 5) is 35.1. The Bertz CT molecular complexity index is 1710. The van der Waals surface area contributed by atoms with Gasteiger partial charge in [0.05, 0.1) is 36.5 Å². The van der Waals surface area contributed by atoms with Gasteiger partial charge in [0.1, 0.15) is 19.0 Å². The van der Waals surface area contributed by atoms with Gasteiger partial charge < -0.3 is 34.7 Å². The number of nitro benzene ring substituents is 1. The van der Waals surface area contributed by atoms with Crippen molar-refractivity contribution in [3.05, 3.63) is 117 Å². The van der Waals surface area contributed by atoms with Crippen LogP contribution in [0.4, 0.5) is 10.5 Å². The van der Waals surface area contributed by atoms with E-state index in [-0.39, 0.29) is 24.5 Å². The largest absolute Gasteiger partial charge is 0.490 e. The molecule has 1 aliphatic rings.